The van der Waals surface area contributed by atoms with Crippen molar-refractivity contribution in [3.8, 4) is 0 Å². The van der Waals surface area contributed by atoms with Crippen LogP contribution >= 0.6 is 22.9 Å². The van der Waals surface area contributed by atoms with Gasteiger partial charge in [-0.15, -0.1) is 21.8 Å². The molecule has 5 heteroatoms. The van der Waals surface area contributed by atoms with Gasteiger partial charge in [-0.3, -0.25) is 0 Å². The van der Waals surface area contributed by atoms with Crippen molar-refractivity contribution in [1.82, 2.24) is 10.2 Å². The predicted octanol–water partition coefficient (Wildman–Crippen LogP) is 2.13. The van der Waals surface area contributed by atoms with Gasteiger partial charge in [0.1, 0.15) is 5.51 Å². The molecule has 1 aromatic heterocycles. The van der Waals surface area contributed by atoms with Gasteiger partial charge in [-0.25, -0.2) is 0 Å². The predicted molar refractivity (Wildman–Crippen MR) is 55.6 cm³/mol. The van der Waals surface area contributed by atoms with Gasteiger partial charge in [-0.2, -0.15) is 0 Å². The molecule has 1 aromatic rings. The molecule has 0 aromatic carbocycles. The summed E-state index contributed by atoms with van der Waals surface area (Å²) in [5.74, 6) is 0. The molecule has 1 fully saturated rings. The molecule has 0 bridgehead atoms. The molecule has 0 aliphatic carbocycles. The quantitative estimate of drug-likeness (QED) is 0.675. The highest BCUT2D eigenvalue weighted by Crippen LogP contribution is 2.28. The Bertz CT molecular complexity index is 264. The van der Waals surface area contributed by atoms with E-state index in [0.29, 0.717) is 6.04 Å². The van der Waals surface area contributed by atoms with E-state index in [-0.39, 0.29) is 5.38 Å². The minimum absolute atomic E-state index is 0.248. The Morgan fingerprint density at radius 3 is 3.23 bits per heavy atom. The molecule has 2 heterocycles. The van der Waals surface area contributed by atoms with Crippen LogP contribution in [0.1, 0.15) is 19.8 Å². The molecule has 1 saturated heterocycles. The third-order valence-corrected chi connectivity index (χ3v) is 3.80. The van der Waals surface area contributed by atoms with E-state index in [2.05, 4.69) is 22.0 Å². The largest absolute Gasteiger partial charge is 0.342 e. The fraction of sp³-hybridized carbons (Fsp3) is 0.750. The maximum atomic E-state index is 6.19. The van der Waals surface area contributed by atoms with Crippen LogP contribution in [0.25, 0.3) is 0 Å². The topological polar surface area (TPSA) is 29.0 Å². The van der Waals surface area contributed by atoms with Crippen molar-refractivity contribution in [3.05, 3.63) is 5.51 Å². The maximum Gasteiger partial charge on any atom is 0.208 e. The second kappa shape index (κ2) is 3.80. The van der Waals surface area contributed by atoms with Crippen molar-refractivity contribution < 1.29 is 0 Å². The smallest absolute Gasteiger partial charge is 0.208 e. The maximum absolute atomic E-state index is 6.19. The number of halogens is 1. The summed E-state index contributed by atoms with van der Waals surface area (Å²) in [4.78, 5) is 2.25. The third-order valence-electron chi connectivity index (χ3n) is 2.49. The summed E-state index contributed by atoms with van der Waals surface area (Å²) in [6.07, 6.45) is 2.26. The molecule has 1 aliphatic heterocycles. The number of alkyl halides is 1. The number of piperidine rings is 1. The van der Waals surface area contributed by atoms with Gasteiger partial charge in [0.15, 0.2) is 0 Å². The summed E-state index contributed by atoms with van der Waals surface area (Å²) < 4.78 is 0. The lowest BCUT2D eigenvalue weighted by Gasteiger charge is -2.36. The average Bonchev–Trinajstić information content (AvgIpc) is 2.62. The molecular weight excluding hydrogens is 206 g/mol. The van der Waals surface area contributed by atoms with Crippen molar-refractivity contribution in [2.45, 2.75) is 31.2 Å². The van der Waals surface area contributed by atoms with Crippen LogP contribution in [0.3, 0.4) is 0 Å². The molecule has 72 valence electrons. The number of hydrogen-bond acceptors (Lipinski definition) is 4. The summed E-state index contributed by atoms with van der Waals surface area (Å²) >= 11 is 7.77. The lowest BCUT2D eigenvalue weighted by atomic mass is 10.0. The molecular formula is C8H12ClN3S. The van der Waals surface area contributed by atoms with Crippen LogP contribution in [-0.4, -0.2) is 28.2 Å². The van der Waals surface area contributed by atoms with E-state index in [1.165, 1.54) is 0 Å². The standard InChI is InChI=1S/C8H12ClN3S/c1-6-7(9)3-2-4-12(6)8-11-10-5-13-8/h5-7H,2-4H2,1H3. The van der Waals surface area contributed by atoms with Crippen LogP contribution in [0.15, 0.2) is 5.51 Å². The lowest BCUT2D eigenvalue weighted by molar-refractivity contribution is 0.490. The van der Waals surface area contributed by atoms with Crippen molar-refractivity contribution in [2.24, 2.45) is 0 Å². The summed E-state index contributed by atoms with van der Waals surface area (Å²) in [5, 5.41) is 9.15. The number of nitrogens with zero attached hydrogens (tertiary/aromatic N) is 3. The van der Waals surface area contributed by atoms with Gasteiger partial charge in [-0.05, 0) is 19.8 Å². The van der Waals surface area contributed by atoms with E-state index in [1.54, 1.807) is 16.8 Å². The fourth-order valence-electron chi connectivity index (χ4n) is 1.66. The van der Waals surface area contributed by atoms with Gasteiger partial charge in [0.2, 0.25) is 5.13 Å². The van der Waals surface area contributed by atoms with Crippen molar-refractivity contribution in [1.29, 1.82) is 0 Å². The van der Waals surface area contributed by atoms with Gasteiger partial charge in [-0.1, -0.05) is 11.3 Å². The molecule has 13 heavy (non-hydrogen) atoms. The van der Waals surface area contributed by atoms with Crippen molar-refractivity contribution >= 4 is 28.1 Å². The third kappa shape index (κ3) is 1.79. The lowest BCUT2D eigenvalue weighted by Crippen LogP contribution is -2.44. The summed E-state index contributed by atoms with van der Waals surface area (Å²) in [6, 6.07) is 0.378. The van der Waals surface area contributed by atoms with Crippen LogP contribution in [0.2, 0.25) is 0 Å². The van der Waals surface area contributed by atoms with E-state index < -0.39 is 0 Å². The van der Waals surface area contributed by atoms with Gasteiger partial charge in [0.25, 0.3) is 0 Å². The van der Waals surface area contributed by atoms with Gasteiger partial charge in [0, 0.05) is 12.6 Å². The second-order valence-electron chi connectivity index (χ2n) is 3.31. The number of rotatable bonds is 1. The molecule has 0 N–H and O–H groups in total. The Morgan fingerprint density at radius 1 is 1.69 bits per heavy atom. The first-order valence-electron chi connectivity index (χ1n) is 4.46. The highest BCUT2D eigenvalue weighted by atomic mass is 35.5. The first-order valence-corrected chi connectivity index (χ1v) is 5.77. The summed E-state index contributed by atoms with van der Waals surface area (Å²) in [7, 11) is 0. The van der Waals surface area contributed by atoms with E-state index in [9.17, 15) is 0 Å². The highest BCUT2D eigenvalue weighted by Gasteiger charge is 2.27. The second-order valence-corrected chi connectivity index (χ2v) is 4.69. The molecule has 0 amide bonds. The molecule has 0 spiro atoms. The van der Waals surface area contributed by atoms with Crippen LogP contribution in [-0.2, 0) is 0 Å². The average molecular weight is 218 g/mol. The molecule has 2 unspecified atom stereocenters. The number of aromatic nitrogens is 2. The molecule has 2 atom stereocenters. The minimum atomic E-state index is 0.248. The Morgan fingerprint density at radius 2 is 2.54 bits per heavy atom. The van der Waals surface area contributed by atoms with E-state index in [0.717, 1.165) is 24.5 Å². The van der Waals surface area contributed by atoms with Crippen LogP contribution in [0, 0.1) is 0 Å². The van der Waals surface area contributed by atoms with E-state index >= 15 is 0 Å². The van der Waals surface area contributed by atoms with E-state index in [1.807, 2.05) is 0 Å². The molecule has 2 rings (SSSR count). The SMILES string of the molecule is CC1C(Cl)CCCN1c1nncs1. The van der Waals surface area contributed by atoms with Crippen LogP contribution in [0.4, 0.5) is 5.13 Å². The van der Waals surface area contributed by atoms with E-state index in [4.69, 9.17) is 11.6 Å². The Hall–Kier alpha value is -0.350. The summed E-state index contributed by atoms with van der Waals surface area (Å²) in [5.41, 5.74) is 1.76. The van der Waals surface area contributed by atoms with Crippen molar-refractivity contribution in [2.75, 3.05) is 11.4 Å². The Kier molecular flexibility index (Phi) is 2.69. The Balaban J connectivity index is 2.14. The first-order chi connectivity index (χ1) is 6.29. The molecule has 1 aliphatic rings. The first kappa shape index (κ1) is 9.21. The molecule has 0 saturated carbocycles. The summed E-state index contributed by atoms with van der Waals surface area (Å²) in [6.45, 7) is 3.21. The monoisotopic (exact) mass is 217 g/mol. The van der Waals surface area contributed by atoms with Crippen molar-refractivity contribution in [3.63, 3.8) is 0 Å². The Labute approximate surface area is 86.7 Å². The van der Waals surface area contributed by atoms with Crippen LogP contribution in [0.5, 0.6) is 0 Å². The highest BCUT2D eigenvalue weighted by molar-refractivity contribution is 7.13. The normalized spacial score (nSPS) is 29.2. The zero-order valence-electron chi connectivity index (χ0n) is 7.48. The number of hydrogen-bond donors (Lipinski definition) is 0. The fourth-order valence-corrected chi connectivity index (χ4v) is 2.63. The van der Waals surface area contributed by atoms with Gasteiger partial charge < -0.3 is 4.90 Å². The molecule has 0 radical (unpaired) electrons. The van der Waals surface area contributed by atoms with Crippen LogP contribution < -0.4 is 4.90 Å². The molecule has 3 nitrogen and oxygen atoms in total. The number of anilines is 1. The minimum Gasteiger partial charge on any atom is -0.342 e. The van der Waals surface area contributed by atoms with Gasteiger partial charge >= 0.3 is 0 Å². The zero-order valence-corrected chi connectivity index (χ0v) is 9.05. The van der Waals surface area contributed by atoms with Gasteiger partial charge in [0.05, 0.1) is 5.38 Å². The zero-order chi connectivity index (χ0) is 9.26.